The monoisotopic (exact) mass is 332 g/mol. The van der Waals surface area contributed by atoms with Crippen molar-refractivity contribution in [3.8, 4) is 0 Å². The van der Waals surface area contributed by atoms with Crippen molar-refractivity contribution in [2.24, 2.45) is 0 Å². The zero-order chi connectivity index (χ0) is 15.8. The van der Waals surface area contributed by atoms with E-state index in [4.69, 9.17) is 4.42 Å². The Morgan fingerprint density at radius 2 is 2.09 bits per heavy atom. The maximum Gasteiger partial charge on any atom is 0.298 e. The van der Waals surface area contributed by atoms with E-state index in [1.807, 2.05) is 11.6 Å². The number of hydrogen-bond acceptors (Lipinski definition) is 6. The minimum Gasteiger partial charge on any atom is -0.423 e. The van der Waals surface area contributed by atoms with Gasteiger partial charge < -0.3 is 9.32 Å². The summed E-state index contributed by atoms with van der Waals surface area (Å²) in [6.45, 7) is 5.72. The van der Waals surface area contributed by atoms with Gasteiger partial charge in [-0.25, -0.2) is 9.37 Å². The van der Waals surface area contributed by atoms with Crippen molar-refractivity contribution in [2.45, 2.75) is 13.0 Å². The molecule has 0 saturated carbocycles. The van der Waals surface area contributed by atoms with E-state index in [2.05, 4.69) is 26.7 Å². The third-order valence-electron chi connectivity index (χ3n) is 4.28. The molecule has 1 saturated heterocycles. The number of benzene rings is 1. The largest absolute Gasteiger partial charge is 0.423 e. The molecule has 1 unspecified atom stereocenters. The van der Waals surface area contributed by atoms with E-state index in [-0.39, 0.29) is 5.82 Å². The van der Waals surface area contributed by atoms with Gasteiger partial charge in [0, 0.05) is 43.8 Å². The molecule has 2 aromatic heterocycles. The van der Waals surface area contributed by atoms with Crippen LogP contribution in [0.5, 0.6) is 0 Å². The van der Waals surface area contributed by atoms with Gasteiger partial charge in [-0.2, -0.15) is 4.98 Å². The van der Waals surface area contributed by atoms with Crippen LogP contribution in [-0.4, -0.2) is 41.0 Å². The van der Waals surface area contributed by atoms with Crippen LogP contribution in [0.3, 0.4) is 0 Å². The first-order chi connectivity index (χ1) is 11.2. The van der Waals surface area contributed by atoms with Gasteiger partial charge in [-0.15, -0.1) is 11.3 Å². The van der Waals surface area contributed by atoms with Gasteiger partial charge in [0.25, 0.3) is 6.01 Å². The highest BCUT2D eigenvalue weighted by Gasteiger charge is 2.25. The Labute approximate surface area is 137 Å². The lowest BCUT2D eigenvalue weighted by Gasteiger charge is -2.36. The van der Waals surface area contributed by atoms with E-state index in [0.717, 1.165) is 31.2 Å². The number of thiazole rings is 1. The number of hydrogen-bond donors (Lipinski definition) is 0. The van der Waals surface area contributed by atoms with Crippen LogP contribution >= 0.6 is 11.3 Å². The molecule has 1 aliphatic rings. The van der Waals surface area contributed by atoms with Gasteiger partial charge in [0.1, 0.15) is 16.3 Å². The van der Waals surface area contributed by atoms with Crippen molar-refractivity contribution in [3.05, 3.63) is 40.6 Å². The molecule has 3 heterocycles. The standard InChI is InChI=1S/C16H17FN4OS/c1-11(15-18-4-9-23-15)20-5-7-21(8-6-20)16-19-13-10-12(17)2-3-14(13)22-16/h2-4,9-11H,5-8H2,1H3. The second-order valence-corrected chi connectivity index (χ2v) is 6.60. The highest BCUT2D eigenvalue weighted by Crippen LogP contribution is 2.26. The van der Waals surface area contributed by atoms with Crippen molar-refractivity contribution in [3.63, 3.8) is 0 Å². The average molecular weight is 332 g/mol. The Hall–Kier alpha value is -1.99. The minimum absolute atomic E-state index is 0.292. The lowest BCUT2D eigenvalue weighted by atomic mass is 10.2. The Morgan fingerprint density at radius 3 is 2.83 bits per heavy atom. The predicted octanol–water partition coefficient (Wildman–Crippen LogP) is 3.31. The fourth-order valence-electron chi connectivity index (χ4n) is 2.92. The average Bonchev–Trinajstić information content (AvgIpc) is 3.23. The van der Waals surface area contributed by atoms with Crippen molar-refractivity contribution in [1.29, 1.82) is 0 Å². The first-order valence-corrected chi connectivity index (χ1v) is 8.53. The lowest BCUT2D eigenvalue weighted by molar-refractivity contribution is 0.195. The summed E-state index contributed by atoms with van der Waals surface area (Å²) in [5.41, 5.74) is 1.19. The molecular formula is C16H17FN4OS. The molecular weight excluding hydrogens is 315 g/mol. The summed E-state index contributed by atoms with van der Waals surface area (Å²) in [5.74, 6) is -0.292. The molecule has 0 spiro atoms. The highest BCUT2D eigenvalue weighted by atomic mass is 32.1. The topological polar surface area (TPSA) is 45.4 Å². The van der Waals surface area contributed by atoms with E-state index in [1.54, 1.807) is 17.4 Å². The van der Waals surface area contributed by atoms with Crippen molar-refractivity contribution < 1.29 is 8.81 Å². The molecule has 23 heavy (non-hydrogen) atoms. The number of halogens is 1. The second-order valence-electron chi connectivity index (χ2n) is 5.68. The van der Waals surface area contributed by atoms with Gasteiger partial charge in [0.15, 0.2) is 5.58 Å². The molecule has 1 atom stereocenters. The number of aromatic nitrogens is 2. The first kappa shape index (κ1) is 14.6. The molecule has 1 aromatic carbocycles. The number of fused-ring (bicyclic) bond motifs is 1. The van der Waals surface area contributed by atoms with Gasteiger partial charge in [-0.1, -0.05) is 0 Å². The van der Waals surface area contributed by atoms with Crippen LogP contribution in [0.15, 0.2) is 34.2 Å². The Balaban J connectivity index is 1.46. The number of anilines is 1. The summed E-state index contributed by atoms with van der Waals surface area (Å²) < 4.78 is 19.0. The molecule has 0 N–H and O–H groups in total. The molecule has 1 aliphatic heterocycles. The van der Waals surface area contributed by atoms with Gasteiger partial charge in [-0.05, 0) is 19.1 Å². The molecule has 1 fully saturated rings. The van der Waals surface area contributed by atoms with E-state index in [1.165, 1.54) is 12.1 Å². The summed E-state index contributed by atoms with van der Waals surface area (Å²) in [6.07, 6.45) is 1.85. The van der Waals surface area contributed by atoms with Gasteiger partial charge in [0.05, 0.1) is 6.04 Å². The Morgan fingerprint density at radius 1 is 1.26 bits per heavy atom. The smallest absolute Gasteiger partial charge is 0.298 e. The van der Waals surface area contributed by atoms with E-state index in [0.29, 0.717) is 23.2 Å². The summed E-state index contributed by atoms with van der Waals surface area (Å²) in [6, 6.07) is 5.33. The molecule has 4 rings (SSSR count). The molecule has 5 nitrogen and oxygen atoms in total. The molecule has 0 radical (unpaired) electrons. The summed E-state index contributed by atoms with van der Waals surface area (Å²) in [5, 5.41) is 3.16. The van der Waals surface area contributed by atoms with Crippen molar-refractivity contribution in [1.82, 2.24) is 14.9 Å². The van der Waals surface area contributed by atoms with Crippen LogP contribution in [0.1, 0.15) is 18.0 Å². The van der Waals surface area contributed by atoms with Gasteiger partial charge in [-0.3, -0.25) is 4.90 Å². The van der Waals surface area contributed by atoms with E-state index >= 15 is 0 Å². The highest BCUT2D eigenvalue weighted by molar-refractivity contribution is 7.09. The number of oxazole rings is 1. The maximum absolute atomic E-state index is 13.3. The first-order valence-electron chi connectivity index (χ1n) is 7.65. The molecule has 0 aliphatic carbocycles. The summed E-state index contributed by atoms with van der Waals surface area (Å²) in [7, 11) is 0. The van der Waals surface area contributed by atoms with Crippen LogP contribution in [0.2, 0.25) is 0 Å². The number of rotatable bonds is 3. The summed E-state index contributed by atoms with van der Waals surface area (Å²) >= 11 is 1.69. The van der Waals surface area contributed by atoms with E-state index in [9.17, 15) is 4.39 Å². The molecule has 3 aromatic rings. The molecule has 120 valence electrons. The van der Waals surface area contributed by atoms with Crippen LogP contribution < -0.4 is 4.90 Å². The zero-order valence-electron chi connectivity index (χ0n) is 12.8. The summed E-state index contributed by atoms with van der Waals surface area (Å²) in [4.78, 5) is 13.3. The second kappa shape index (κ2) is 5.90. The van der Waals surface area contributed by atoms with Crippen molar-refractivity contribution >= 4 is 28.5 Å². The molecule has 0 bridgehead atoms. The number of nitrogens with zero attached hydrogens (tertiary/aromatic N) is 4. The van der Waals surface area contributed by atoms with Crippen molar-refractivity contribution in [2.75, 3.05) is 31.1 Å². The lowest BCUT2D eigenvalue weighted by Crippen LogP contribution is -2.47. The number of piperazine rings is 1. The van der Waals surface area contributed by atoms with Crippen LogP contribution in [0, 0.1) is 5.82 Å². The molecule has 0 amide bonds. The Kier molecular flexibility index (Phi) is 3.74. The SMILES string of the molecule is CC(c1nccs1)N1CCN(c2nc3cc(F)ccc3o2)CC1. The van der Waals surface area contributed by atoms with Gasteiger partial charge in [0.2, 0.25) is 0 Å². The fraction of sp³-hybridized carbons (Fsp3) is 0.375. The van der Waals surface area contributed by atoms with Crippen LogP contribution in [0.25, 0.3) is 11.1 Å². The van der Waals surface area contributed by atoms with Gasteiger partial charge >= 0.3 is 0 Å². The van der Waals surface area contributed by atoms with Crippen LogP contribution in [0.4, 0.5) is 10.4 Å². The minimum atomic E-state index is -0.292. The third-order valence-corrected chi connectivity index (χ3v) is 5.23. The third kappa shape index (κ3) is 2.82. The fourth-order valence-corrected chi connectivity index (χ4v) is 3.65. The predicted molar refractivity (Wildman–Crippen MR) is 88.3 cm³/mol. The quantitative estimate of drug-likeness (QED) is 0.736. The molecule has 7 heteroatoms. The zero-order valence-corrected chi connectivity index (χ0v) is 13.6. The van der Waals surface area contributed by atoms with Crippen LogP contribution in [-0.2, 0) is 0 Å². The normalized spacial score (nSPS) is 17.7. The Bertz CT molecular complexity index is 796. The van der Waals surface area contributed by atoms with E-state index < -0.39 is 0 Å². The maximum atomic E-state index is 13.3.